The van der Waals surface area contributed by atoms with Crippen LogP contribution in [0.2, 0.25) is 39.3 Å². The van der Waals surface area contributed by atoms with E-state index in [0.29, 0.717) is 90.8 Å². The van der Waals surface area contributed by atoms with Crippen LogP contribution in [0.15, 0.2) is 12.1 Å². The van der Waals surface area contributed by atoms with Gasteiger partial charge < -0.3 is 37.9 Å². The van der Waals surface area contributed by atoms with E-state index in [2.05, 4.69) is 62.2 Å². The summed E-state index contributed by atoms with van der Waals surface area (Å²) >= 11 is 0. The maximum absolute atomic E-state index is 6.14. The molecule has 40 heavy (non-hydrogen) atoms. The van der Waals surface area contributed by atoms with Gasteiger partial charge in [-0.25, -0.2) is 0 Å². The van der Waals surface area contributed by atoms with Gasteiger partial charge in [0, 0.05) is 26.4 Å². The molecule has 1 aromatic carbocycles. The Labute approximate surface area is 244 Å². The summed E-state index contributed by atoms with van der Waals surface area (Å²) in [6, 6.07) is 3.88. The Hall–Kier alpha value is -1.87. The third-order valence-corrected chi connectivity index (χ3v) is 6.55. The van der Waals surface area contributed by atoms with Gasteiger partial charge in [0.25, 0.3) is 0 Å². The van der Waals surface area contributed by atoms with E-state index < -0.39 is 16.1 Å². The van der Waals surface area contributed by atoms with Gasteiger partial charge in [-0.3, -0.25) is 0 Å². The van der Waals surface area contributed by atoms with Crippen LogP contribution in [0.3, 0.4) is 0 Å². The number of ether oxygens (including phenoxy) is 8. The van der Waals surface area contributed by atoms with Gasteiger partial charge in [-0.2, -0.15) is 0 Å². The first kappa shape index (κ1) is 36.2. The Bertz CT molecular complexity index is 871. The molecule has 226 valence electrons. The average molecular weight is 595 g/mol. The summed E-state index contributed by atoms with van der Waals surface area (Å²) in [6.45, 7) is 19.2. The lowest BCUT2D eigenvalue weighted by atomic mass is 10.1. The molecule has 8 nitrogen and oxygen atoms in total. The molecule has 0 aromatic heterocycles. The van der Waals surface area contributed by atoms with Crippen LogP contribution in [-0.2, 0) is 28.4 Å². The largest absolute Gasteiger partial charge is 0.490 e. The minimum Gasteiger partial charge on any atom is -0.490 e. The standard InChI is InChI=1S/C30H50O8Si2/c1-31-11-13-33-15-17-35-19-21-37-29-25-28(10-24-40(6,7)8)30(26-27(29)9-23-39(3,4)5)38-22-20-36-18-16-34-14-12-32-2/h25-26H,11-22H2,1-8H3. The highest BCUT2D eigenvalue weighted by atomic mass is 28.3. The molecular weight excluding hydrogens is 544 g/mol. The molecule has 1 aromatic rings. The molecule has 0 aliphatic heterocycles. The smallest absolute Gasteiger partial charge is 0.136 e. The summed E-state index contributed by atoms with van der Waals surface area (Å²) < 4.78 is 44.4. The Kier molecular flexibility index (Phi) is 18.9. The minimum absolute atomic E-state index is 0.390. The highest BCUT2D eigenvalue weighted by molar-refractivity contribution is 6.84. The first-order chi connectivity index (χ1) is 19.1. The van der Waals surface area contributed by atoms with E-state index in [0.717, 1.165) is 11.1 Å². The van der Waals surface area contributed by atoms with Crippen LogP contribution in [-0.4, -0.2) is 110 Å². The fourth-order valence-corrected chi connectivity index (χ4v) is 3.87. The van der Waals surface area contributed by atoms with Crippen molar-refractivity contribution in [2.75, 3.05) is 93.5 Å². The predicted octanol–water partition coefficient (Wildman–Crippen LogP) is 4.26. The molecule has 0 aliphatic rings. The fourth-order valence-electron chi connectivity index (χ4n) is 2.85. The quantitative estimate of drug-likeness (QED) is 0.126. The van der Waals surface area contributed by atoms with Crippen LogP contribution in [0.5, 0.6) is 11.5 Å². The van der Waals surface area contributed by atoms with E-state index in [1.807, 2.05) is 12.1 Å². The van der Waals surface area contributed by atoms with Gasteiger partial charge >= 0.3 is 0 Å². The first-order valence-corrected chi connectivity index (χ1v) is 20.8. The molecule has 0 aliphatic carbocycles. The van der Waals surface area contributed by atoms with Gasteiger partial charge in [-0.05, 0) is 0 Å². The molecule has 0 bridgehead atoms. The van der Waals surface area contributed by atoms with Crippen LogP contribution in [0, 0.1) is 22.9 Å². The highest BCUT2D eigenvalue weighted by Crippen LogP contribution is 2.29. The van der Waals surface area contributed by atoms with Crippen molar-refractivity contribution in [3.8, 4) is 34.4 Å². The molecule has 0 N–H and O–H groups in total. The van der Waals surface area contributed by atoms with Crippen LogP contribution in [0.4, 0.5) is 0 Å². The third-order valence-electron chi connectivity index (χ3n) is 4.80. The SMILES string of the molecule is COCCOCCOCCOc1cc(C#C[Si](C)(C)C)c(OCCOCCOCCOC)cc1C#C[Si](C)(C)C. The van der Waals surface area contributed by atoms with Crippen molar-refractivity contribution >= 4 is 16.1 Å². The molecule has 0 saturated carbocycles. The number of methoxy groups -OCH3 is 2. The Balaban J connectivity index is 2.94. The number of rotatable bonds is 20. The van der Waals surface area contributed by atoms with Gasteiger partial charge in [0.15, 0.2) is 0 Å². The maximum atomic E-state index is 6.14. The molecule has 0 unspecified atom stereocenters. The summed E-state index contributed by atoms with van der Waals surface area (Å²) in [4.78, 5) is 0. The van der Waals surface area contributed by atoms with Crippen molar-refractivity contribution in [2.24, 2.45) is 0 Å². The Morgan fingerprint density at radius 3 is 1.07 bits per heavy atom. The highest BCUT2D eigenvalue weighted by Gasteiger charge is 2.14. The van der Waals surface area contributed by atoms with Crippen molar-refractivity contribution in [1.29, 1.82) is 0 Å². The summed E-state index contributed by atoms with van der Waals surface area (Å²) in [7, 11) is 0.0693. The molecular formula is C30H50O8Si2. The molecule has 0 amide bonds. The zero-order valence-corrected chi connectivity index (χ0v) is 27.9. The second-order valence-electron chi connectivity index (χ2n) is 11.0. The monoisotopic (exact) mass is 594 g/mol. The van der Waals surface area contributed by atoms with Crippen molar-refractivity contribution in [3.05, 3.63) is 23.3 Å². The van der Waals surface area contributed by atoms with Gasteiger partial charge in [0.1, 0.15) is 40.9 Å². The van der Waals surface area contributed by atoms with E-state index >= 15 is 0 Å². The molecule has 1 rings (SSSR count). The molecule has 0 radical (unpaired) electrons. The van der Waals surface area contributed by atoms with E-state index in [1.54, 1.807) is 14.2 Å². The van der Waals surface area contributed by atoms with Gasteiger partial charge in [0.2, 0.25) is 0 Å². The van der Waals surface area contributed by atoms with Crippen molar-refractivity contribution in [2.45, 2.75) is 39.3 Å². The lowest BCUT2D eigenvalue weighted by molar-refractivity contribution is 0.0177. The van der Waals surface area contributed by atoms with Crippen molar-refractivity contribution < 1.29 is 37.9 Å². The number of benzene rings is 1. The predicted molar refractivity (Wildman–Crippen MR) is 165 cm³/mol. The van der Waals surface area contributed by atoms with E-state index in [-0.39, 0.29) is 0 Å². The Morgan fingerprint density at radius 1 is 0.475 bits per heavy atom. The van der Waals surface area contributed by atoms with Crippen molar-refractivity contribution in [3.63, 3.8) is 0 Å². The minimum atomic E-state index is -1.62. The lowest BCUT2D eigenvalue weighted by Gasteiger charge is -2.15. The summed E-state index contributed by atoms with van der Waals surface area (Å²) in [5, 5.41) is 0. The van der Waals surface area contributed by atoms with Crippen LogP contribution in [0.25, 0.3) is 0 Å². The molecule has 0 saturated heterocycles. The topological polar surface area (TPSA) is 73.8 Å². The summed E-state index contributed by atoms with van der Waals surface area (Å²) in [6.07, 6.45) is 0. The molecule has 0 heterocycles. The normalized spacial score (nSPS) is 11.4. The van der Waals surface area contributed by atoms with Gasteiger partial charge in [-0.1, -0.05) is 51.1 Å². The van der Waals surface area contributed by atoms with Crippen LogP contribution in [0.1, 0.15) is 11.1 Å². The zero-order chi connectivity index (χ0) is 29.7. The number of hydrogen-bond acceptors (Lipinski definition) is 8. The lowest BCUT2D eigenvalue weighted by Crippen LogP contribution is -2.17. The van der Waals surface area contributed by atoms with E-state index in [4.69, 9.17) is 37.9 Å². The third kappa shape index (κ3) is 19.3. The van der Waals surface area contributed by atoms with Gasteiger partial charge in [0.05, 0.1) is 77.2 Å². The summed E-state index contributed by atoms with van der Waals surface area (Å²) in [5.74, 6) is 8.06. The van der Waals surface area contributed by atoms with Gasteiger partial charge in [-0.15, -0.1) is 11.1 Å². The first-order valence-electron chi connectivity index (χ1n) is 13.8. The molecule has 10 heteroatoms. The zero-order valence-electron chi connectivity index (χ0n) is 25.9. The van der Waals surface area contributed by atoms with Crippen LogP contribution < -0.4 is 9.47 Å². The van der Waals surface area contributed by atoms with Crippen molar-refractivity contribution in [1.82, 2.24) is 0 Å². The fraction of sp³-hybridized carbons (Fsp3) is 0.667. The molecule has 0 atom stereocenters. The van der Waals surface area contributed by atoms with E-state index in [1.165, 1.54) is 0 Å². The van der Waals surface area contributed by atoms with E-state index in [9.17, 15) is 0 Å². The molecule has 0 fully saturated rings. The average Bonchev–Trinajstić information content (AvgIpc) is 2.88. The second-order valence-corrected chi connectivity index (χ2v) is 20.5. The summed E-state index contributed by atoms with van der Waals surface area (Å²) in [5.41, 5.74) is 8.45. The Morgan fingerprint density at radius 2 is 0.775 bits per heavy atom. The molecule has 0 spiro atoms. The van der Waals surface area contributed by atoms with Crippen LogP contribution >= 0.6 is 0 Å². The second kappa shape index (κ2) is 20.9. The number of hydrogen-bond donors (Lipinski definition) is 0. The maximum Gasteiger partial charge on any atom is 0.136 e.